The first-order valence-corrected chi connectivity index (χ1v) is 17.0. The standard InChI is InChI=1S/C42H41N3O3.CH4O.H2O/c1-28(35-23-11-17-32-14-5-8-20-38(32)35)43-41(47)26-45(30(3)37-25-13-19-34-16-7-10-22-40(34)37)42(48)27-44(31(4)46)29(2)36-24-12-18-33-15-6-9-21-39(33)36;1-2;/h5-25,28-30H,26-27H2,1-4H3,(H,43,47);2H,1H3;1H2/t28-,29-,30+;;/m0../s1. The molecule has 0 aliphatic rings. The number of rotatable bonds is 10. The number of carbonyl (C=O) groups is 3. The second-order valence-corrected chi connectivity index (χ2v) is 12.5. The van der Waals surface area contributed by atoms with Crippen LogP contribution in [-0.4, -0.2) is 58.3 Å². The molecule has 0 aromatic heterocycles. The smallest absolute Gasteiger partial charge is 0.243 e. The average Bonchev–Trinajstić information content (AvgIpc) is 3.15. The van der Waals surface area contributed by atoms with E-state index in [1.165, 1.54) is 6.92 Å². The molecule has 0 radical (unpaired) electrons. The molecule has 0 bridgehead atoms. The van der Waals surface area contributed by atoms with E-state index < -0.39 is 6.04 Å². The summed E-state index contributed by atoms with van der Waals surface area (Å²) in [4.78, 5) is 44.6. The van der Waals surface area contributed by atoms with Gasteiger partial charge in [0.2, 0.25) is 17.7 Å². The third kappa shape index (κ3) is 8.43. The molecule has 51 heavy (non-hydrogen) atoms. The van der Waals surface area contributed by atoms with E-state index in [0.29, 0.717) is 0 Å². The molecule has 8 heteroatoms. The van der Waals surface area contributed by atoms with Gasteiger partial charge in [0.15, 0.2) is 0 Å². The van der Waals surface area contributed by atoms with Crippen LogP contribution in [0.1, 0.15) is 62.5 Å². The van der Waals surface area contributed by atoms with Gasteiger partial charge in [0.25, 0.3) is 0 Å². The van der Waals surface area contributed by atoms with E-state index in [2.05, 4.69) is 23.5 Å². The van der Waals surface area contributed by atoms with Crippen LogP contribution in [0.4, 0.5) is 0 Å². The van der Waals surface area contributed by atoms with E-state index in [1.807, 2.05) is 130 Å². The van der Waals surface area contributed by atoms with Crippen LogP contribution < -0.4 is 5.32 Å². The lowest BCUT2D eigenvalue weighted by Gasteiger charge is -2.34. The number of aliphatic hydroxyl groups excluding tert-OH is 1. The van der Waals surface area contributed by atoms with Crippen molar-refractivity contribution in [1.29, 1.82) is 0 Å². The van der Waals surface area contributed by atoms with Crippen LogP contribution in [0.3, 0.4) is 0 Å². The maximum atomic E-state index is 14.4. The highest BCUT2D eigenvalue weighted by Crippen LogP contribution is 2.31. The molecule has 0 unspecified atom stereocenters. The van der Waals surface area contributed by atoms with Crippen LogP contribution >= 0.6 is 0 Å². The molecular weight excluding hydrogens is 638 g/mol. The Morgan fingerprint density at radius 2 is 0.922 bits per heavy atom. The zero-order valence-corrected chi connectivity index (χ0v) is 29.8. The number of hydrogen-bond acceptors (Lipinski definition) is 4. The van der Waals surface area contributed by atoms with E-state index in [4.69, 9.17) is 5.11 Å². The Morgan fingerprint density at radius 3 is 1.37 bits per heavy atom. The highest BCUT2D eigenvalue weighted by molar-refractivity contribution is 5.92. The van der Waals surface area contributed by atoms with Gasteiger partial charge >= 0.3 is 0 Å². The van der Waals surface area contributed by atoms with Crippen LogP contribution in [0.2, 0.25) is 0 Å². The first-order valence-electron chi connectivity index (χ1n) is 17.0. The van der Waals surface area contributed by atoms with E-state index in [0.717, 1.165) is 56.1 Å². The number of benzene rings is 6. The predicted molar refractivity (Wildman–Crippen MR) is 206 cm³/mol. The molecule has 6 aromatic carbocycles. The molecule has 0 saturated heterocycles. The Labute approximate surface area is 299 Å². The van der Waals surface area contributed by atoms with Gasteiger partial charge in [-0.1, -0.05) is 127 Å². The fraction of sp³-hybridized carbons (Fsp3) is 0.233. The second-order valence-electron chi connectivity index (χ2n) is 12.5. The van der Waals surface area contributed by atoms with Gasteiger partial charge < -0.3 is 25.7 Å². The summed E-state index contributed by atoms with van der Waals surface area (Å²) in [5.74, 6) is -0.784. The highest BCUT2D eigenvalue weighted by Gasteiger charge is 2.30. The normalized spacial score (nSPS) is 12.5. The first-order chi connectivity index (χ1) is 24.2. The summed E-state index contributed by atoms with van der Waals surface area (Å²) in [6.07, 6.45) is 0. The summed E-state index contributed by atoms with van der Waals surface area (Å²) in [6.45, 7) is 7.03. The maximum Gasteiger partial charge on any atom is 0.243 e. The molecule has 0 aliphatic carbocycles. The Balaban J connectivity index is 0.00000191. The Hall–Kier alpha value is -5.57. The molecule has 0 fully saturated rings. The monoisotopic (exact) mass is 685 g/mol. The van der Waals surface area contributed by atoms with E-state index in [9.17, 15) is 14.4 Å². The summed E-state index contributed by atoms with van der Waals surface area (Å²) in [5, 5.41) is 16.5. The van der Waals surface area contributed by atoms with Gasteiger partial charge in [-0.2, -0.15) is 0 Å². The fourth-order valence-electron chi connectivity index (χ4n) is 6.91. The summed E-state index contributed by atoms with van der Waals surface area (Å²) in [6, 6.07) is 41.2. The zero-order chi connectivity index (χ0) is 35.8. The Kier molecular flexibility index (Phi) is 13.0. The van der Waals surface area contributed by atoms with Gasteiger partial charge in [0, 0.05) is 14.0 Å². The van der Waals surface area contributed by atoms with Crippen molar-refractivity contribution in [1.82, 2.24) is 15.1 Å². The Bertz CT molecular complexity index is 2110. The van der Waals surface area contributed by atoms with Crippen molar-refractivity contribution in [3.63, 3.8) is 0 Å². The van der Waals surface area contributed by atoms with Crippen molar-refractivity contribution in [2.75, 3.05) is 20.2 Å². The second kappa shape index (κ2) is 17.4. The van der Waals surface area contributed by atoms with E-state index in [-0.39, 0.29) is 48.4 Å². The zero-order valence-electron chi connectivity index (χ0n) is 29.8. The molecule has 4 N–H and O–H groups in total. The largest absolute Gasteiger partial charge is 0.412 e. The minimum absolute atomic E-state index is 0. The quantitative estimate of drug-likeness (QED) is 0.157. The molecule has 264 valence electrons. The summed E-state index contributed by atoms with van der Waals surface area (Å²) >= 11 is 0. The van der Waals surface area contributed by atoms with Crippen molar-refractivity contribution in [2.45, 2.75) is 45.8 Å². The number of nitrogens with zero attached hydrogens (tertiary/aromatic N) is 2. The fourth-order valence-corrected chi connectivity index (χ4v) is 6.91. The molecule has 0 saturated carbocycles. The molecule has 6 aromatic rings. The summed E-state index contributed by atoms with van der Waals surface area (Å²) < 4.78 is 0. The van der Waals surface area contributed by atoms with Gasteiger partial charge in [0.05, 0.1) is 18.1 Å². The highest BCUT2D eigenvalue weighted by atomic mass is 16.2. The SMILES string of the molecule is CC(=O)N(CC(=O)N(CC(=O)N[C@@H](C)c1cccc2ccccc12)[C@H](C)c1cccc2ccccc12)[C@@H](C)c1cccc2ccccc12.CO.O. The van der Waals surface area contributed by atoms with Crippen molar-refractivity contribution in [2.24, 2.45) is 0 Å². The average molecular weight is 686 g/mol. The van der Waals surface area contributed by atoms with E-state index >= 15 is 0 Å². The third-order valence-corrected chi connectivity index (χ3v) is 9.49. The van der Waals surface area contributed by atoms with Crippen LogP contribution in [0.25, 0.3) is 32.3 Å². The summed E-state index contributed by atoms with van der Waals surface area (Å²) in [5.41, 5.74) is 2.91. The number of aliphatic hydroxyl groups is 1. The van der Waals surface area contributed by atoms with Crippen molar-refractivity contribution < 1.29 is 25.0 Å². The molecule has 0 heterocycles. The van der Waals surface area contributed by atoms with Crippen molar-refractivity contribution in [3.8, 4) is 0 Å². The first kappa shape index (κ1) is 38.2. The molecule has 8 nitrogen and oxygen atoms in total. The molecule has 3 atom stereocenters. The lowest BCUT2D eigenvalue weighted by Crippen LogP contribution is -2.48. The van der Waals surface area contributed by atoms with Gasteiger partial charge in [-0.15, -0.1) is 0 Å². The van der Waals surface area contributed by atoms with E-state index in [1.54, 1.807) is 9.80 Å². The van der Waals surface area contributed by atoms with Crippen LogP contribution in [0, 0.1) is 0 Å². The number of hydrogen-bond donors (Lipinski definition) is 2. The topological polar surface area (TPSA) is 121 Å². The van der Waals surface area contributed by atoms with Crippen LogP contribution in [-0.2, 0) is 14.4 Å². The number of nitrogens with one attached hydrogen (secondary N) is 1. The lowest BCUT2D eigenvalue weighted by molar-refractivity contribution is -0.144. The van der Waals surface area contributed by atoms with Gasteiger partial charge in [-0.25, -0.2) is 0 Å². The maximum absolute atomic E-state index is 14.4. The molecule has 0 aliphatic heterocycles. The number of carbonyl (C=O) groups excluding carboxylic acids is 3. The molecule has 6 rings (SSSR count). The van der Waals surface area contributed by atoms with Crippen LogP contribution in [0.5, 0.6) is 0 Å². The van der Waals surface area contributed by atoms with Crippen LogP contribution in [0.15, 0.2) is 127 Å². The van der Waals surface area contributed by atoms with Gasteiger partial charge in [0.1, 0.15) is 13.1 Å². The molecule has 0 spiro atoms. The minimum atomic E-state index is -0.441. The predicted octanol–water partition coefficient (Wildman–Crippen LogP) is 7.31. The van der Waals surface area contributed by atoms with Gasteiger partial charge in [-0.3, -0.25) is 14.4 Å². The number of amides is 3. The van der Waals surface area contributed by atoms with Crippen molar-refractivity contribution >= 4 is 50.0 Å². The lowest BCUT2D eigenvalue weighted by atomic mass is 9.97. The summed E-state index contributed by atoms with van der Waals surface area (Å²) in [7, 11) is 1.00. The molecule has 3 amide bonds. The van der Waals surface area contributed by atoms with Crippen molar-refractivity contribution in [3.05, 3.63) is 144 Å². The van der Waals surface area contributed by atoms with Gasteiger partial charge in [-0.05, 0) is 69.8 Å². The number of fused-ring (bicyclic) bond motifs is 3. The molecular formula is C43H47N3O5. The Morgan fingerprint density at radius 1 is 0.549 bits per heavy atom. The minimum Gasteiger partial charge on any atom is -0.412 e. The third-order valence-electron chi connectivity index (χ3n) is 9.49.